The molecule has 1 heterocycles. The molecule has 4 nitrogen and oxygen atoms in total. The van der Waals surface area contributed by atoms with Gasteiger partial charge in [-0.05, 0) is 31.5 Å². The highest BCUT2D eigenvalue weighted by Crippen LogP contribution is 2.30. The highest BCUT2D eigenvalue weighted by Gasteiger charge is 2.26. The Morgan fingerprint density at radius 1 is 1.50 bits per heavy atom. The lowest BCUT2D eigenvalue weighted by molar-refractivity contribution is -0.680. The van der Waals surface area contributed by atoms with E-state index in [2.05, 4.69) is 46.9 Å². The van der Waals surface area contributed by atoms with Crippen LogP contribution in [0.15, 0.2) is 36.2 Å². The lowest BCUT2D eigenvalue weighted by Gasteiger charge is -2.23. The first kappa shape index (κ1) is 12.8. The van der Waals surface area contributed by atoms with Gasteiger partial charge in [-0.3, -0.25) is 5.43 Å². The van der Waals surface area contributed by atoms with E-state index in [9.17, 15) is 0 Å². The molecule has 0 saturated carbocycles. The van der Waals surface area contributed by atoms with Gasteiger partial charge in [0.2, 0.25) is 0 Å². The van der Waals surface area contributed by atoms with Crippen molar-refractivity contribution < 1.29 is 4.57 Å². The van der Waals surface area contributed by atoms with E-state index in [1.54, 1.807) is 0 Å². The molecule has 0 bridgehead atoms. The number of thiocarbonyl (C=S) groups is 1. The number of pyridine rings is 1. The number of aryl methyl sites for hydroxylation is 1. The van der Waals surface area contributed by atoms with Crippen molar-refractivity contribution in [2.45, 2.75) is 25.2 Å². The van der Waals surface area contributed by atoms with Gasteiger partial charge in [-0.2, -0.15) is 0 Å². The van der Waals surface area contributed by atoms with Crippen LogP contribution >= 0.6 is 12.2 Å². The molecule has 0 radical (unpaired) electrons. The molecule has 1 aromatic heterocycles. The molecule has 1 aromatic rings. The zero-order valence-electron chi connectivity index (χ0n) is 10.5. The standard InChI is InChI=1S/C13H18N4S/c1-17-9-5-4-8-12(17)10-6-2-3-7-11(10)15-16-13(14)18/h4-5,7-10,15H,2-3,6H2,1H3,(H2-,14,16,18)/p+1/t10-/m0/s1. The van der Waals surface area contributed by atoms with E-state index in [0.29, 0.717) is 5.92 Å². The molecular weight excluding hydrogens is 244 g/mol. The fourth-order valence-electron chi connectivity index (χ4n) is 2.35. The van der Waals surface area contributed by atoms with Crippen LogP contribution in [0.3, 0.4) is 0 Å². The van der Waals surface area contributed by atoms with Crippen molar-refractivity contribution in [2.75, 3.05) is 0 Å². The smallest absolute Gasteiger partial charge is 0.190 e. The van der Waals surface area contributed by atoms with Crippen LogP contribution < -0.4 is 21.2 Å². The molecule has 1 aliphatic rings. The van der Waals surface area contributed by atoms with Gasteiger partial charge in [0, 0.05) is 17.8 Å². The highest BCUT2D eigenvalue weighted by molar-refractivity contribution is 7.80. The summed E-state index contributed by atoms with van der Waals surface area (Å²) in [5.74, 6) is 0.367. The minimum absolute atomic E-state index is 0.262. The molecule has 0 aliphatic heterocycles. The second-order valence-corrected chi connectivity index (χ2v) is 4.93. The summed E-state index contributed by atoms with van der Waals surface area (Å²) in [6, 6.07) is 6.27. The molecule has 0 aromatic carbocycles. The number of allylic oxidation sites excluding steroid dienone is 2. The molecule has 1 atom stereocenters. The van der Waals surface area contributed by atoms with Crippen LogP contribution in [0.1, 0.15) is 30.9 Å². The van der Waals surface area contributed by atoms with Crippen LogP contribution in [-0.2, 0) is 7.05 Å². The monoisotopic (exact) mass is 263 g/mol. The van der Waals surface area contributed by atoms with E-state index >= 15 is 0 Å². The molecule has 5 heteroatoms. The van der Waals surface area contributed by atoms with Crippen molar-refractivity contribution in [3.05, 3.63) is 41.9 Å². The quantitative estimate of drug-likeness (QED) is 0.433. The van der Waals surface area contributed by atoms with Crippen molar-refractivity contribution in [3.63, 3.8) is 0 Å². The summed E-state index contributed by atoms with van der Waals surface area (Å²) >= 11 is 4.82. The van der Waals surface area contributed by atoms with Gasteiger partial charge in [-0.25, -0.2) is 4.57 Å². The Labute approximate surface area is 113 Å². The van der Waals surface area contributed by atoms with Gasteiger partial charge in [0.05, 0.1) is 5.92 Å². The third-order valence-corrected chi connectivity index (χ3v) is 3.32. The molecule has 0 unspecified atom stereocenters. The van der Waals surface area contributed by atoms with E-state index in [1.165, 1.54) is 12.1 Å². The SMILES string of the molecule is C[n+]1ccccc1[C@H]1CCCC=C1NNC(N)=S. The summed E-state index contributed by atoms with van der Waals surface area (Å²) in [7, 11) is 2.07. The van der Waals surface area contributed by atoms with Crippen molar-refractivity contribution >= 4 is 17.3 Å². The number of nitrogens with two attached hydrogens (primary N) is 1. The van der Waals surface area contributed by atoms with Gasteiger partial charge in [-0.1, -0.05) is 12.1 Å². The fraction of sp³-hybridized carbons (Fsp3) is 0.385. The number of hydrogen-bond donors (Lipinski definition) is 3. The Bertz CT molecular complexity index is 470. The van der Waals surface area contributed by atoms with Gasteiger partial charge >= 0.3 is 0 Å². The first-order valence-electron chi connectivity index (χ1n) is 6.14. The second-order valence-electron chi connectivity index (χ2n) is 4.49. The first-order valence-corrected chi connectivity index (χ1v) is 6.55. The van der Waals surface area contributed by atoms with Gasteiger partial charge in [0.15, 0.2) is 17.0 Å². The van der Waals surface area contributed by atoms with Crippen molar-refractivity contribution in [1.82, 2.24) is 10.9 Å². The Balaban J connectivity index is 2.20. The molecule has 1 aliphatic carbocycles. The number of nitrogens with one attached hydrogen (secondary N) is 2. The van der Waals surface area contributed by atoms with E-state index in [-0.39, 0.29) is 5.11 Å². The largest absolute Gasteiger partial charge is 0.375 e. The number of rotatable bonds is 3. The zero-order valence-corrected chi connectivity index (χ0v) is 11.3. The fourth-order valence-corrected chi connectivity index (χ4v) is 2.41. The number of hydrazine groups is 1. The molecule has 0 amide bonds. The van der Waals surface area contributed by atoms with Gasteiger partial charge in [-0.15, -0.1) is 0 Å². The Morgan fingerprint density at radius 2 is 2.33 bits per heavy atom. The summed E-state index contributed by atoms with van der Waals surface area (Å²) in [4.78, 5) is 0. The molecule has 4 N–H and O–H groups in total. The molecule has 96 valence electrons. The molecule has 18 heavy (non-hydrogen) atoms. The molecular formula is C13H19N4S+. The molecule has 0 spiro atoms. The minimum atomic E-state index is 0.262. The van der Waals surface area contributed by atoms with Gasteiger partial charge in [0.25, 0.3) is 0 Å². The molecule has 0 saturated heterocycles. The normalized spacial score (nSPS) is 18.9. The predicted molar refractivity (Wildman–Crippen MR) is 75.3 cm³/mol. The first-order chi connectivity index (χ1) is 8.68. The highest BCUT2D eigenvalue weighted by atomic mass is 32.1. The van der Waals surface area contributed by atoms with E-state index in [0.717, 1.165) is 18.5 Å². The van der Waals surface area contributed by atoms with Crippen LogP contribution in [0.4, 0.5) is 0 Å². The van der Waals surface area contributed by atoms with Crippen LogP contribution in [0.5, 0.6) is 0 Å². The Hall–Kier alpha value is -1.62. The third-order valence-electron chi connectivity index (χ3n) is 3.22. The van der Waals surface area contributed by atoms with Crippen molar-refractivity contribution in [2.24, 2.45) is 12.8 Å². The van der Waals surface area contributed by atoms with E-state index in [4.69, 9.17) is 18.0 Å². The Morgan fingerprint density at radius 3 is 3.06 bits per heavy atom. The topological polar surface area (TPSA) is 54.0 Å². The predicted octanol–water partition coefficient (Wildman–Crippen LogP) is 1.00. The van der Waals surface area contributed by atoms with Crippen LogP contribution in [0.25, 0.3) is 0 Å². The summed E-state index contributed by atoms with van der Waals surface area (Å²) in [5, 5.41) is 0.262. The van der Waals surface area contributed by atoms with Crippen LogP contribution in [0, 0.1) is 0 Å². The zero-order chi connectivity index (χ0) is 13.0. The maximum Gasteiger partial charge on any atom is 0.190 e. The van der Waals surface area contributed by atoms with Crippen LogP contribution in [0.2, 0.25) is 0 Å². The van der Waals surface area contributed by atoms with Crippen LogP contribution in [-0.4, -0.2) is 5.11 Å². The van der Waals surface area contributed by atoms with E-state index in [1.807, 2.05) is 6.07 Å². The number of hydrogen-bond acceptors (Lipinski definition) is 2. The van der Waals surface area contributed by atoms with Crippen molar-refractivity contribution in [3.8, 4) is 0 Å². The lowest BCUT2D eigenvalue weighted by Crippen LogP contribution is -2.44. The molecule has 0 fully saturated rings. The maximum atomic E-state index is 5.45. The second kappa shape index (κ2) is 5.82. The number of aromatic nitrogens is 1. The van der Waals surface area contributed by atoms with Crippen molar-refractivity contribution in [1.29, 1.82) is 0 Å². The Kier molecular flexibility index (Phi) is 4.15. The molecule has 2 rings (SSSR count). The summed E-state index contributed by atoms with van der Waals surface area (Å²) in [5.41, 5.74) is 13.8. The van der Waals surface area contributed by atoms with E-state index < -0.39 is 0 Å². The van der Waals surface area contributed by atoms with Gasteiger partial charge < -0.3 is 11.2 Å². The summed E-state index contributed by atoms with van der Waals surface area (Å²) < 4.78 is 2.16. The average molecular weight is 263 g/mol. The van der Waals surface area contributed by atoms with Gasteiger partial charge in [0.1, 0.15) is 7.05 Å². The minimum Gasteiger partial charge on any atom is -0.375 e. The maximum absolute atomic E-state index is 5.45. The number of nitrogens with zero attached hydrogens (tertiary/aromatic N) is 1. The third kappa shape index (κ3) is 2.98. The average Bonchev–Trinajstić information content (AvgIpc) is 2.37. The summed E-state index contributed by atoms with van der Waals surface area (Å²) in [6.07, 6.45) is 7.72. The lowest BCUT2D eigenvalue weighted by atomic mass is 9.89. The summed E-state index contributed by atoms with van der Waals surface area (Å²) in [6.45, 7) is 0.